The fraction of sp³-hybridized carbons (Fsp3) is 0.348. The van der Waals surface area contributed by atoms with E-state index in [0.29, 0.717) is 43.3 Å². The number of aliphatic imine (C=N–C) groups is 1. The van der Waals surface area contributed by atoms with Crippen molar-refractivity contribution in [2.45, 2.75) is 18.4 Å². The van der Waals surface area contributed by atoms with Gasteiger partial charge in [0.25, 0.3) is 0 Å². The van der Waals surface area contributed by atoms with Gasteiger partial charge in [0.1, 0.15) is 16.4 Å². The van der Waals surface area contributed by atoms with Gasteiger partial charge in [0.2, 0.25) is 5.91 Å². The zero-order chi connectivity index (χ0) is 22.7. The number of benzene rings is 1. The van der Waals surface area contributed by atoms with Crippen LogP contribution in [0.3, 0.4) is 0 Å². The number of hydrogen-bond donors (Lipinski definition) is 4. The number of carbonyl (C=O) groups excluding carboxylic acids is 1. The van der Waals surface area contributed by atoms with Gasteiger partial charge in [-0.3, -0.25) is 9.79 Å². The number of amides is 1. The molecule has 3 heterocycles. The number of nitrogen functional groups attached to an aromatic ring is 1. The highest BCUT2D eigenvalue weighted by molar-refractivity contribution is 6.36. The third kappa shape index (κ3) is 4.03. The predicted octanol–water partition coefficient (Wildman–Crippen LogP) is 2.04. The van der Waals surface area contributed by atoms with Crippen LogP contribution < -0.4 is 27.0 Å². The van der Waals surface area contributed by atoms with Crippen LogP contribution >= 0.6 is 11.6 Å². The van der Waals surface area contributed by atoms with Gasteiger partial charge in [-0.25, -0.2) is 4.98 Å². The molecule has 32 heavy (non-hydrogen) atoms. The average Bonchev–Trinajstić information content (AvgIpc) is 2.82. The van der Waals surface area contributed by atoms with Crippen molar-refractivity contribution >= 4 is 40.8 Å². The molecule has 2 aliphatic heterocycles. The van der Waals surface area contributed by atoms with Crippen LogP contribution in [0.5, 0.6) is 0 Å². The summed E-state index contributed by atoms with van der Waals surface area (Å²) in [7, 11) is 1.71. The number of nitrogens with two attached hydrogens (primary N) is 2. The van der Waals surface area contributed by atoms with Gasteiger partial charge < -0.3 is 27.0 Å². The number of pyridine rings is 1. The second-order valence-corrected chi connectivity index (χ2v) is 8.44. The van der Waals surface area contributed by atoms with Gasteiger partial charge in [-0.2, -0.15) is 0 Å². The summed E-state index contributed by atoms with van der Waals surface area (Å²) in [6.07, 6.45) is 6.40. The third-order valence-electron chi connectivity index (χ3n) is 6.24. The van der Waals surface area contributed by atoms with Gasteiger partial charge in [-0.1, -0.05) is 35.9 Å². The Balaban J connectivity index is 1.65. The minimum absolute atomic E-state index is 0.0823. The lowest BCUT2D eigenvalue weighted by Gasteiger charge is -2.44. The minimum atomic E-state index is -0.507. The Kier molecular flexibility index (Phi) is 6.34. The van der Waals surface area contributed by atoms with E-state index in [1.165, 1.54) is 6.20 Å². The number of piperidine rings is 1. The van der Waals surface area contributed by atoms with E-state index in [-0.39, 0.29) is 5.91 Å². The monoisotopic (exact) mass is 453 g/mol. The lowest BCUT2D eigenvalue weighted by atomic mass is 9.84. The van der Waals surface area contributed by atoms with Crippen LogP contribution in [0.2, 0.25) is 5.02 Å². The van der Waals surface area contributed by atoms with Gasteiger partial charge in [-0.05, 0) is 24.0 Å². The maximum Gasteiger partial charge on any atom is 0.240 e. The second-order valence-electron chi connectivity index (χ2n) is 8.06. The summed E-state index contributed by atoms with van der Waals surface area (Å²) >= 11 is 6.67. The first kappa shape index (κ1) is 22.1. The molecule has 4 rings (SSSR count). The zero-order valence-electron chi connectivity index (χ0n) is 18.1. The average molecular weight is 454 g/mol. The molecule has 2 aliphatic rings. The van der Waals surface area contributed by atoms with Crippen molar-refractivity contribution in [3.63, 3.8) is 0 Å². The molecule has 2 aromatic rings. The maximum atomic E-state index is 12.5. The molecule has 1 aromatic heterocycles. The van der Waals surface area contributed by atoms with Crippen LogP contribution in [-0.4, -0.2) is 55.9 Å². The molecule has 0 aliphatic carbocycles. The Morgan fingerprint density at radius 1 is 1.25 bits per heavy atom. The summed E-state index contributed by atoms with van der Waals surface area (Å²) in [4.78, 5) is 23.1. The number of nitrogens with one attached hydrogen (secondary N) is 2. The molecule has 0 atom stereocenters. The van der Waals surface area contributed by atoms with E-state index in [9.17, 15) is 4.79 Å². The van der Waals surface area contributed by atoms with Gasteiger partial charge in [0.15, 0.2) is 0 Å². The summed E-state index contributed by atoms with van der Waals surface area (Å²) in [5, 5.41) is 6.85. The van der Waals surface area contributed by atoms with E-state index in [1.807, 2.05) is 24.3 Å². The Morgan fingerprint density at radius 3 is 2.59 bits per heavy atom. The van der Waals surface area contributed by atoms with Crippen molar-refractivity contribution in [2.24, 2.45) is 10.7 Å². The Morgan fingerprint density at radius 2 is 1.97 bits per heavy atom. The van der Waals surface area contributed by atoms with Gasteiger partial charge in [0, 0.05) is 63.0 Å². The van der Waals surface area contributed by atoms with Crippen LogP contribution in [0, 0.1) is 0 Å². The van der Waals surface area contributed by atoms with Gasteiger partial charge in [0.05, 0.1) is 5.69 Å². The molecule has 1 amide bonds. The summed E-state index contributed by atoms with van der Waals surface area (Å²) in [5.74, 6) is 0.377. The quantitative estimate of drug-likeness (QED) is 0.525. The largest absolute Gasteiger partial charge is 0.404 e. The molecule has 2 saturated heterocycles. The van der Waals surface area contributed by atoms with Crippen LogP contribution in [0.15, 0.2) is 41.7 Å². The Bertz CT molecular complexity index is 1060. The molecule has 0 saturated carbocycles. The van der Waals surface area contributed by atoms with E-state index < -0.39 is 5.54 Å². The van der Waals surface area contributed by atoms with E-state index in [0.717, 1.165) is 34.5 Å². The topological polar surface area (TPSA) is 122 Å². The molecule has 6 N–H and O–H groups in total. The standard InChI is InChI=1S/C23H28ClN7O/c1-27-13-17(12-25)15-2-4-16(5-3-15)18-14-29-21(26)19(24)20(18)31-10-6-23(7-11-31)22(32)28-8-9-30-23/h2-5,12-14,30H,6-11,25H2,1H3,(H2,26,29)(H,28,32)/b17-12+,27-13?. The Hall–Kier alpha value is -3.10. The van der Waals surface area contributed by atoms with E-state index in [4.69, 9.17) is 23.1 Å². The fourth-order valence-electron chi connectivity index (χ4n) is 4.45. The highest BCUT2D eigenvalue weighted by Crippen LogP contribution is 2.41. The van der Waals surface area contributed by atoms with Crippen LogP contribution in [0.4, 0.5) is 11.5 Å². The smallest absolute Gasteiger partial charge is 0.240 e. The van der Waals surface area contributed by atoms with E-state index >= 15 is 0 Å². The third-order valence-corrected chi connectivity index (χ3v) is 6.61. The fourth-order valence-corrected chi connectivity index (χ4v) is 4.72. The molecular weight excluding hydrogens is 426 g/mol. The molecule has 1 spiro atoms. The maximum absolute atomic E-state index is 12.5. The van der Waals surface area contributed by atoms with Crippen molar-refractivity contribution < 1.29 is 4.79 Å². The van der Waals surface area contributed by atoms with Crippen molar-refractivity contribution in [1.29, 1.82) is 0 Å². The van der Waals surface area contributed by atoms with Crippen LogP contribution in [-0.2, 0) is 4.79 Å². The van der Waals surface area contributed by atoms with E-state index in [1.54, 1.807) is 19.5 Å². The first-order valence-corrected chi connectivity index (χ1v) is 11.0. The number of halogens is 1. The normalized spacial score (nSPS) is 18.9. The molecule has 2 fully saturated rings. The van der Waals surface area contributed by atoms with E-state index in [2.05, 4.69) is 25.5 Å². The van der Waals surface area contributed by atoms with Crippen LogP contribution in [0.25, 0.3) is 16.7 Å². The first-order valence-electron chi connectivity index (χ1n) is 10.7. The molecule has 8 nitrogen and oxygen atoms in total. The molecule has 9 heteroatoms. The van der Waals surface area contributed by atoms with Crippen molar-refractivity contribution in [1.82, 2.24) is 15.6 Å². The SMILES string of the molecule is CN=C/C(=C\N)c1ccc(-c2cnc(N)c(Cl)c2N2CCC3(CC2)NCCNC3=O)cc1. The van der Waals surface area contributed by atoms with Crippen molar-refractivity contribution in [3.05, 3.63) is 47.2 Å². The number of piperazine rings is 1. The van der Waals surface area contributed by atoms with Crippen molar-refractivity contribution in [3.8, 4) is 11.1 Å². The van der Waals surface area contributed by atoms with Gasteiger partial charge in [-0.15, -0.1) is 0 Å². The Labute approximate surface area is 192 Å². The summed E-state index contributed by atoms with van der Waals surface area (Å²) < 4.78 is 0. The number of rotatable bonds is 4. The molecule has 0 radical (unpaired) electrons. The lowest BCUT2D eigenvalue weighted by Crippen LogP contribution is -2.66. The predicted molar refractivity (Wildman–Crippen MR) is 131 cm³/mol. The molecule has 1 aromatic carbocycles. The summed E-state index contributed by atoms with van der Waals surface area (Å²) in [5.41, 5.74) is 15.8. The summed E-state index contributed by atoms with van der Waals surface area (Å²) in [6.45, 7) is 2.82. The number of aromatic nitrogens is 1. The highest BCUT2D eigenvalue weighted by atomic mass is 35.5. The number of nitrogens with zero attached hydrogens (tertiary/aromatic N) is 3. The number of allylic oxidation sites excluding steroid dienone is 1. The number of carbonyl (C=O) groups is 1. The van der Waals surface area contributed by atoms with Crippen molar-refractivity contribution in [2.75, 3.05) is 43.9 Å². The molecule has 0 bridgehead atoms. The zero-order valence-corrected chi connectivity index (χ0v) is 18.8. The minimum Gasteiger partial charge on any atom is -0.404 e. The lowest BCUT2D eigenvalue weighted by molar-refractivity contribution is -0.130. The van der Waals surface area contributed by atoms with Crippen LogP contribution in [0.1, 0.15) is 18.4 Å². The molecule has 0 unspecified atom stereocenters. The highest BCUT2D eigenvalue weighted by Gasteiger charge is 2.43. The molecule has 168 valence electrons. The van der Waals surface area contributed by atoms with Gasteiger partial charge >= 0.3 is 0 Å². The molecular formula is C23H28ClN7O. The first-order chi connectivity index (χ1) is 15.5. The second kappa shape index (κ2) is 9.18. The number of hydrogen-bond acceptors (Lipinski definition) is 7. The number of anilines is 2. The summed E-state index contributed by atoms with van der Waals surface area (Å²) in [6, 6.07) is 8.00.